The van der Waals surface area contributed by atoms with Crippen LogP contribution in [-0.4, -0.2) is 43.9 Å². The molecule has 14 heavy (non-hydrogen) atoms. The molecule has 8 heteroatoms. The Kier molecular flexibility index (Phi) is 6.02. The van der Waals surface area contributed by atoms with Crippen LogP contribution in [0, 0.1) is 0 Å². The molecular weight excluding hydrogens is 250 g/mol. The molecule has 0 unspecified atom stereocenters. The van der Waals surface area contributed by atoms with Gasteiger partial charge < -0.3 is 4.90 Å². The van der Waals surface area contributed by atoms with Gasteiger partial charge in [0.25, 0.3) is 0 Å². The summed E-state index contributed by atoms with van der Waals surface area (Å²) < 4.78 is 24.6. The molecule has 0 fully saturated rings. The Hall–Kier alpha value is 0.200. The van der Waals surface area contributed by atoms with Gasteiger partial charge in [0.1, 0.15) is 5.84 Å². The van der Waals surface area contributed by atoms with Crippen LogP contribution in [-0.2, 0) is 13.6 Å². The van der Waals surface area contributed by atoms with E-state index in [1.54, 1.807) is 14.1 Å². The van der Waals surface area contributed by atoms with Crippen LogP contribution >= 0.6 is 30.9 Å². The first-order valence-corrected chi connectivity index (χ1v) is 6.00. The number of rotatable bonds is 4. The Morgan fingerprint density at radius 3 is 2.00 bits per heavy atom. The lowest BCUT2D eigenvalue weighted by Gasteiger charge is -2.18. The summed E-state index contributed by atoms with van der Waals surface area (Å²) in [6.07, 6.45) is 0. The highest BCUT2D eigenvalue weighted by Gasteiger charge is 2.24. The smallest absolute Gasteiger partial charge is 0.364 e. The number of hydrogen-bond acceptors (Lipinski definition) is 3. The van der Waals surface area contributed by atoms with Crippen LogP contribution < -0.4 is 0 Å². The SMILES string of the molecule is COP(=O)(/N=C(/C(Cl)Cl)N(C)C)OC. The fourth-order valence-corrected chi connectivity index (χ4v) is 2.09. The molecule has 0 aliphatic rings. The second kappa shape index (κ2) is 5.93. The Balaban J connectivity index is 4.99. The van der Waals surface area contributed by atoms with Gasteiger partial charge in [0.2, 0.25) is 0 Å². The predicted octanol–water partition coefficient (Wildman–Crippen LogP) is 2.15. The maximum atomic E-state index is 11.6. The average molecular weight is 263 g/mol. The first-order valence-electron chi connectivity index (χ1n) is 3.63. The van der Waals surface area contributed by atoms with Gasteiger partial charge in [-0.2, -0.15) is 4.76 Å². The topological polar surface area (TPSA) is 51.1 Å². The van der Waals surface area contributed by atoms with E-state index >= 15 is 0 Å². The van der Waals surface area contributed by atoms with E-state index in [9.17, 15) is 4.57 Å². The summed E-state index contributed by atoms with van der Waals surface area (Å²) in [6, 6.07) is 0. The van der Waals surface area contributed by atoms with E-state index in [1.165, 1.54) is 19.1 Å². The van der Waals surface area contributed by atoms with Gasteiger partial charge in [-0.05, 0) is 0 Å². The minimum Gasteiger partial charge on any atom is -0.364 e. The van der Waals surface area contributed by atoms with Crippen LogP contribution in [0.15, 0.2) is 4.76 Å². The summed E-state index contributed by atoms with van der Waals surface area (Å²) in [5.41, 5.74) is 0. The summed E-state index contributed by atoms with van der Waals surface area (Å²) in [5, 5.41) is 0. The molecule has 0 heterocycles. The first-order chi connectivity index (χ1) is 6.36. The van der Waals surface area contributed by atoms with E-state index in [-0.39, 0.29) is 5.84 Å². The van der Waals surface area contributed by atoms with Gasteiger partial charge in [-0.3, -0.25) is 9.05 Å². The molecule has 5 nitrogen and oxygen atoms in total. The Morgan fingerprint density at radius 1 is 1.36 bits per heavy atom. The van der Waals surface area contributed by atoms with Crippen LogP contribution in [0.5, 0.6) is 0 Å². The minimum atomic E-state index is -3.47. The van der Waals surface area contributed by atoms with Crippen LogP contribution in [0.1, 0.15) is 0 Å². The second-order valence-electron chi connectivity index (χ2n) is 2.49. The Morgan fingerprint density at radius 2 is 1.79 bits per heavy atom. The molecule has 0 aromatic rings. The third kappa shape index (κ3) is 4.15. The van der Waals surface area contributed by atoms with E-state index in [2.05, 4.69) is 13.8 Å². The zero-order valence-corrected chi connectivity index (χ0v) is 10.8. The monoisotopic (exact) mass is 262 g/mol. The maximum absolute atomic E-state index is 11.6. The molecular formula is C6H13Cl2N2O3P. The molecule has 0 aliphatic carbocycles. The number of nitrogens with zero attached hydrogens (tertiary/aromatic N) is 2. The molecule has 0 amide bonds. The molecule has 0 aliphatic heterocycles. The van der Waals surface area contributed by atoms with Crippen molar-refractivity contribution in [3.63, 3.8) is 0 Å². The van der Waals surface area contributed by atoms with Gasteiger partial charge in [-0.15, -0.1) is 0 Å². The summed E-state index contributed by atoms with van der Waals surface area (Å²) >= 11 is 11.2. The summed E-state index contributed by atoms with van der Waals surface area (Å²) in [7, 11) is 2.35. The van der Waals surface area contributed by atoms with Crippen LogP contribution in [0.4, 0.5) is 0 Å². The summed E-state index contributed by atoms with van der Waals surface area (Å²) in [5.74, 6) is 0.223. The third-order valence-corrected chi connectivity index (χ3v) is 3.10. The fraction of sp³-hybridized carbons (Fsp3) is 0.833. The zero-order chi connectivity index (χ0) is 11.4. The van der Waals surface area contributed by atoms with Crippen molar-refractivity contribution in [1.82, 2.24) is 4.90 Å². The number of hydrogen-bond donors (Lipinski definition) is 0. The normalized spacial score (nSPS) is 13.5. The summed E-state index contributed by atoms with van der Waals surface area (Å²) in [4.78, 5) is 0.652. The van der Waals surface area contributed by atoms with Crippen LogP contribution in [0.25, 0.3) is 0 Å². The number of alkyl halides is 2. The molecule has 0 bridgehead atoms. The van der Waals surface area contributed by atoms with E-state index in [4.69, 9.17) is 23.2 Å². The highest BCUT2D eigenvalue weighted by molar-refractivity contribution is 7.52. The van der Waals surface area contributed by atoms with E-state index < -0.39 is 12.6 Å². The van der Waals surface area contributed by atoms with Crippen molar-refractivity contribution in [1.29, 1.82) is 0 Å². The molecule has 0 N–H and O–H groups in total. The van der Waals surface area contributed by atoms with E-state index in [0.717, 1.165) is 0 Å². The standard InChI is InChI=1S/C6H13Cl2N2O3P/c1-10(2)6(5(7)8)9-14(11,12-3)13-4/h5H,1-4H3/b9-6-. The first kappa shape index (κ1) is 14.2. The Bertz CT molecular complexity index is 239. The molecule has 0 aromatic carbocycles. The molecule has 0 radical (unpaired) electrons. The highest BCUT2D eigenvalue weighted by atomic mass is 35.5. The maximum Gasteiger partial charge on any atom is 0.455 e. The van der Waals surface area contributed by atoms with Crippen molar-refractivity contribution in [3.05, 3.63) is 0 Å². The Labute approximate surface area is 93.6 Å². The van der Waals surface area contributed by atoms with E-state index in [1.807, 2.05) is 0 Å². The summed E-state index contributed by atoms with van der Waals surface area (Å²) in [6.45, 7) is 0. The predicted molar refractivity (Wildman–Crippen MR) is 58.2 cm³/mol. The van der Waals surface area contributed by atoms with Gasteiger partial charge in [-0.25, -0.2) is 4.57 Å². The minimum absolute atomic E-state index is 0.223. The third-order valence-electron chi connectivity index (χ3n) is 1.34. The van der Waals surface area contributed by atoms with Gasteiger partial charge >= 0.3 is 7.75 Å². The lowest BCUT2D eigenvalue weighted by Crippen LogP contribution is -2.27. The van der Waals surface area contributed by atoms with Crippen molar-refractivity contribution in [2.75, 3.05) is 28.3 Å². The van der Waals surface area contributed by atoms with Gasteiger partial charge in [0.05, 0.1) is 0 Å². The fourth-order valence-electron chi connectivity index (χ4n) is 0.610. The molecule has 0 saturated heterocycles. The van der Waals surface area contributed by atoms with Crippen LogP contribution in [0.2, 0.25) is 0 Å². The quantitative estimate of drug-likeness (QED) is 0.337. The van der Waals surface area contributed by atoms with Crippen molar-refractivity contribution in [2.45, 2.75) is 4.84 Å². The molecule has 0 saturated carbocycles. The van der Waals surface area contributed by atoms with Gasteiger partial charge in [0, 0.05) is 28.3 Å². The molecule has 0 atom stereocenters. The largest absolute Gasteiger partial charge is 0.455 e. The lowest BCUT2D eigenvalue weighted by molar-refractivity contribution is 0.277. The van der Waals surface area contributed by atoms with E-state index in [0.29, 0.717) is 0 Å². The lowest BCUT2D eigenvalue weighted by atomic mass is 10.6. The number of halogens is 2. The average Bonchev–Trinajstić information content (AvgIpc) is 2.13. The second-order valence-corrected chi connectivity index (χ2v) is 5.45. The van der Waals surface area contributed by atoms with Crippen molar-refractivity contribution in [2.24, 2.45) is 4.76 Å². The van der Waals surface area contributed by atoms with Gasteiger partial charge in [0.15, 0.2) is 4.84 Å². The highest BCUT2D eigenvalue weighted by Crippen LogP contribution is 2.48. The van der Waals surface area contributed by atoms with Crippen LogP contribution in [0.3, 0.4) is 0 Å². The zero-order valence-electron chi connectivity index (χ0n) is 8.40. The molecule has 0 aromatic heterocycles. The molecule has 0 rings (SSSR count). The molecule has 0 spiro atoms. The van der Waals surface area contributed by atoms with Crippen molar-refractivity contribution >= 4 is 36.8 Å². The van der Waals surface area contributed by atoms with Crippen molar-refractivity contribution < 1.29 is 13.6 Å². The molecule has 84 valence electrons. The number of amidine groups is 1. The van der Waals surface area contributed by atoms with Gasteiger partial charge in [-0.1, -0.05) is 23.2 Å². The van der Waals surface area contributed by atoms with Crippen molar-refractivity contribution in [3.8, 4) is 0 Å².